The summed E-state index contributed by atoms with van der Waals surface area (Å²) in [5, 5.41) is 3.48. The second-order valence-corrected chi connectivity index (χ2v) is 7.87. The minimum Gasteiger partial charge on any atom is -0.342 e. The predicted octanol–water partition coefficient (Wildman–Crippen LogP) is 3.02. The fourth-order valence-electron chi connectivity index (χ4n) is 3.54. The van der Waals surface area contributed by atoms with Gasteiger partial charge in [0.2, 0.25) is 5.91 Å². The Morgan fingerprint density at radius 1 is 1.27 bits per heavy atom. The molecule has 3 nitrogen and oxygen atoms in total. The molecule has 0 saturated carbocycles. The number of amides is 1. The Bertz CT molecular complexity index is 489. The van der Waals surface area contributed by atoms with Crippen LogP contribution in [0.25, 0.3) is 0 Å². The molecule has 2 aliphatic heterocycles. The molecule has 0 aromatic heterocycles. The second-order valence-electron chi connectivity index (χ2n) is 6.78. The van der Waals surface area contributed by atoms with E-state index in [0.717, 1.165) is 31.9 Å². The molecule has 4 heteroatoms. The highest BCUT2D eigenvalue weighted by Gasteiger charge is 2.38. The van der Waals surface area contributed by atoms with Gasteiger partial charge in [-0.25, -0.2) is 0 Å². The first kappa shape index (κ1) is 15.9. The van der Waals surface area contributed by atoms with Gasteiger partial charge in [0.05, 0.1) is 0 Å². The number of rotatable bonds is 4. The van der Waals surface area contributed by atoms with E-state index in [1.165, 1.54) is 24.2 Å². The van der Waals surface area contributed by atoms with Gasteiger partial charge in [-0.2, -0.15) is 0 Å². The lowest BCUT2D eigenvalue weighted by Gasteiger charge is -2.39. The minimum atomic E-state index is 0.0981. The molecule has 1 amide bonds. The Kier molecular flexibility index (Phi) is 5.09. The van der Waals surface area contributed by atoms with Crippen LogP contribution in [0.3, 0.4) is 0 Å². The fraction of sp³-hybridized carbons (Fsp3) is 0.611. The van der Waals surface area contributed by atoms with Crippen LogP contribution in [0.15, 0.2) is 35.2 Å². The van der Waals surface area contributed by atoms with Crippen molar-refractivity contribution in [1.29, 1.82) is 0 Å². The standard InChI is InChI=1S/C18H26N2OS/c1-15(13-22-16-5-3-2-4-6-16)17(21)20-11-8-18(9-12-20)7-10-19-14-18/h2-6,15,19H,7-14H2,1H3. The number of hydrogen-bond acceptors (Lipinski definition) is 3. The van der Waals surface area contributed by atoms with E-state index in [9.17, 15) is 4.79 Å². The third kappa shape index (κ3) is 3.66. The number of piperidine rings is 1. The van der Waals surface area contributed by atoms with Crippen LogP contribution in [0.5, 0.6) is 0 Å². The van der Waals surface area contributed by atoms with E-state index in [1.807, 2.05) is 6.07 Å². The van der Waals surface area contributed by atoms with E-state index in [0.29, 0.717) is 11.3 Å². The van der Waals surface area contributed by atoms with Gasteiger partial charge in [0, 0.05) is 36.2 Å². The average Bonchev–Trinajstić information content (AvgIpc) is 3.02. The van der Waals surface area contributed by atoms with Crippen LogP contribution in [0.2, 0.25) is 0 Å². The van der Waals surface area contributed by atoms with Crippen LogP contribution in [0, 0.1) is 11.3 Å². The van der Waals surface area contributed by atoms with E-state index in [1.54, 1.807) is 11.8 Å². The number of nitrogens with zero attached hydrogens (tertiary/aromatic N) is 1. The van der Waals surface area contributed by atoms with Crippen LogP contribution in [-0.4, -0.2) is 42.7 Å². The third-order valence-corrected chi connectivity index (χ3v) is 6.40. The second kappa shape index (κ2) is 7.05. The van der Waals surface area contributed by atoms with Crippen molar-refractivity contribution < 1.29 is 4.79 Å². The zero-order valence-corrected chi connectivity index (χ0v) is 14.2. The first-order valence-corrected chi connectivity index (χ1v) is 9.34. The molecule has 0 radical (unpaired) electrons. The molecule has 1 aromatic carbocycles. The Morgan fingerprint density at radius 2 is 2.00 bits per heavy atom. The lowest BCUT2D eigenvalue weighted by atomic mass is 9.77. The smallest absolute Gasteiger partial charge is 0.226 e. The molecule has 2 fully saturated rings. The van der Waals surface area contributed by atoms with Gasteiger partial charge in [-0.05, 0) is 43.4 Å². The summed E-state index contributed by atoms with van der Waals surface area (Å²) < 4.78 is 0. The highest BCUT2D eigenvalue weighted by atomic mass is 32.2. The van der Waals surface area contributed by atoms with Gasteiger partial charge in [-0.15, -0.1) is 11.8 Å². The van der Waals surface area contributed by atoms with Crippen LogP contribution in [0.4, 0.5) is 0 Å². The summed E-state index contributed by atoms with van der Waals surface area (Å²) in [5.41, 5.74) is 0.485. The van der Waals surface area contributed by atoms with Crippen molar-refractivity contribution >= 4 is 17.7 Å². The lowest BCUT2D eigenvalue weighted by Crippen LogP contribution is -2.46. The maximum Gasteiger partial charge on any atom is 0.226 e. The van der Waals surface area contributed by atoms with Gasteiger partial charge in [0.1, 0.15) is 0 Å². The molecule has 0 aliphatic carbocycles. The molecule has 120 valence electrons. The molecule has 22 heavy (non-hydrogen) atoms. The van der Waals surface area contributed by atoms with Crippen LogP contribution in [-0.2, 0) is 4.79 Å². The van der Waals surface area contributed by atoms with Crippen LogP contribution >= 0.6 is 11.8 Å². The number of carbonyl (C=O) groups excluding carboxylic acids is 1. The Labute approximate surface area is 137 Å². The van der Waals surface area contributed by atoms with Crippen molar-refractivity contribution in [3.63, 3.8) is 0 Å². The normalized spacial score (nSPS) is 22.0. The molecule has 0 bridgehead atoms. The molecule has 1 unspecified atom stereocenters. The van der Waals surface area contributed by atoms with Gasteiger partial charge < -0.3 is 10.2 Å². The van der Waals surface area contributed by atoms with Gasteiger partial charge in [0.25, 0.3) is 0 Å². The molecule has 3 rings (SSSR count). The van der Waals surface area contributed by atoms with Crippen molar-refractivity contribution in [2.75, 3.05) is 31.9 Å². The van der Waals surface area contributed by atoms with E-state index in [2.05, 4.69) is 41.4 Å². The first-order valence-electron chi connectivity index (χ1n) is 8.36. The van der Waals surface area contributed by atoms with Crippen molar-refractivity contribution in [2.45, 2.75) is 31.1 Å². The highest BCUT2D eigenvalue weighted by molar-refractivity contribution is 7.99. The maximum absolute atomic E-state index is 12.6. The topological polar surface area (TPSA) is 32.3 Å². The average molecular weight is 318 g/mol. The van der Waals surface area contributed by atoms with Gasteiger partial charge in [-0.3, -0.25) is 4.79 Å². The van der Waals surface area contributed by atoms with Crippen molar-refractivity contribution in [3.8, 4) is 0 Å². The van der Waals surface area contributed by atoms with Gasteiger partial charge in [-0.1, -0.05) is 25.1 Å². The molecule has 1 aromatic rings. The minimum absolute atomic E-state index is 0.0981. The molecule has 2 heterocycles. The zero-order chi connectivity index (χ0) is 15.4. The van der Waals surface area contributed by atoms with Crippen LogP contribution < -0.4 is 5.32 Å². The molecular weight excluding hydrogens is 292 g/mol. The number of carbonyl (C=O) groups is 1. The number of hydrogen-bond donors (Lipinski definition) is 1. The highest BCUT2D eigenvalue weighted by Crippen LogP contribution is 2.37. The summed E-state index contributed by atoms with van der Waals surface area (Å²) in [4.78, 5) is 16.0. The molecule has 1 atom stereocenters. The Hall–Kier alpha value is -1.00. The third-order valence-electron chi connectivity index (χ3n) is 5.13. The van der Waals surface area contributed by atoms with Crippen molar-refractivity contribution in [1.82, 2.24) is 10.2 Å². The summed E-state index contributed by atoms with van der Waals surface area (Å²) in [6.07, 6.45) is 3.63. The van der Waals surface area contributed by atoms with E-state index >= 15 is 0 Å². The molecular formula is C18H26N2OS. The number of benzene rings is 1. The van der Waals surface area contributed by atoms with Crippen molar-refractivity contribution in [3.05, 3.63) is 30.3 Å². The summed E-state index contributed by atoms with van der Waals surface area (Å²) >= 11 is 1.78. The van der Waals surface area contributed by atoms with E-state index in [-0.39, 0.29) is 5.92 Å². The number of nitrogens with one attached hydrogen (secondary N) is 1. The number of likely N-dealkylation sites (tertiary alicyclic amines) is 1. The quantitative estimate of drug-likeness (QED) is 0.866. The zero-order valence-electron chi connectivity index (χ0n) is 13.4. The predicted molar refractivity (Wildman–Crippen MR) is 92.1 cm³/mol. The summed E-state index contributed by atoms with van der Waals surface area (Å²) in [5.74, 6) is 1.30. The molecule has 2 saturated heterocycles. The SMILES string of the molecule is CC(CSc1ccccc1)C(=O)N1CCC2(CCNC2)CC1. The molecule has 1 spiro atoms. The molecule has 1 N–H and O–H groups in total. The Morgan fingerprint density at radius 3 is 2.64 bits per heavy atom. The Balaban J connectivity index is 1.47. The first-order chi connectivity index (χ1) is 10.7. The summed E-state index contributed by atoms with van der Waals surface area (Å²) in [7, 11) is 0. The van der Waals surface area contributed by atoms with Gasteiger partial charge in [0.15, 0.2) is 0 Å². The lowest BCUT2D eigenvalue weighted by molar-refractivity contribution is -0.136. The largest absolute Gasteiger partial charge is 0.342 e. The number of thioether (sulfide) groups is 1. The maximum atomic E-state index is 12.6. The van der Waals surface area contributed by atoms with E-state index < -0.39 is 0 Å². The summed E-state index contributed by atoms with van der Waals surface area (Å²) in [6.45, 7) is 6.26. The van der Waals surface area contributed by atoms with E-state index in [4.69, 9.17) is 0 Å². The van der Waals surface area contributed by atoms with Crippen molar-refractivity contribution in [2.24, 2.45) is 11.3 Å². The summed E-state index contributed by atoms with van der Waals surface area (Å²) in [6, 6.07) is 10.3. The monoisotopic (exact) mass is 318 g/mol. The van der Waals surface area contributed by atoms with Gasteiger partial charge >= 0.3 is 0 Å². The van der Waals surface area contributed by atoms with Crippen LogP contribution in [0.1, 0.15) is 26.2 Å². The molecule has 2 aliphatic rings. The fourth-order valence-corrected chi connectivity index (χ4v) is 4.48.